The molecule has 1 fully saturated rings. The quantitative estimate of drug-likeness (QED) is 0.208. The number of benzene rings is 2. The summed E-state index contributed by atoms with van der Waals surface area (Å²) in [6.07, 6.45) is 0.644. The Hall–Kier alpha value is -4.38. The van der Waals surface area contributed by atoms with Crippen LogP contribution in [0.25, 0.3) is 5.76 Å². The predicted molar refractivity (Wildman–Crippen MR) is 143 cm³/mol. The highest BCUT2D eigenvalue weighted by Crippen LogP contribution is 2.46. The summed E-state index contributed by atoms with van der Waals surface area (Å²) in [6.45, 7) is 3.56. The van der Waals surface area contributed by atoms with E-state index < -0.39 is 23.7 Å². The molecule has 39 heavy (non-hydrogen) atoms. The van der Waals surface area contributed by atoms with Gasteiger partial charge in [-0.05, 0) is 55.3 Å². The monoisotopic (exact) mass is 550 g/mol. The van der Waals surface area contributed by atoms with Crippen LogP contribution >= 0.6 is 11.3 Å². The van der Waals surface area contributed by atoms with Crippen molar-refractivity contribution in [1.82, 2.24) is 4.98 Å². The molecule has 1 amide bonds. The molecule has 0 radical (unpaired) electrons. The van der Waals surface area contributed by atoms with Crippen LogP contribution in [0.3, 0.4) is 0 Å². The van der Waals surface area contributed by atoms with Gasteiger partial charge in [-0.25, -0.2) is 9.78 Å². The fourth-order valence-corrected chi connectivity index (χ4v) is 5.87. The number of ether oxygens (including phenoxy) is 4. The summed E-state index contributed by atoms with van der Waals surface area (Å²) in [5.74, 6) is -1.18. The van der Waals surface area contributed by atoms with Crippen LogP contribution in [0.15, 0.2) is 42.0 Å². The third-order valence-electron chi connectivity index (χ3n) is 6.70. The molecule has 0 spiro atoms. The van der Waals surface area contributed by atoms with E-state index in [1.807, 2.05) is 6.92 Å². The first-order valence-electron chi connectivity index (χ1n) is 12.1. The zero-order valence-corrected chi connectivity index (χ0v) is 22.8. The third kappa shape index (κ3) is 4.38. The van der Waals surface area contributed by atoms with E-state index in [2.05, 4.69) is 4.98 Å². The van der Waals surface area contributed by atoms with Crippen molar-refractivity contribution in [2.75, 3.05) is 26.2 Å². The van der Waals surface area contributed by atoms with Gasteiger partial charge in [-0.1, -0.05) is 17.4 Å². The number of anilines is 1. The van der Waals surface area contributed by atoms with Crippen molar-refractivity contribution in [3.63, 3.8) is 0 Å². The van der Waals surface area contributed by atoms with E-state index in [-0.39, 0.29) is 27.4 Å². The van der Waals surface area contributed by atoms with Crippen molar-refractivity contribution in [2.45, 2.75) is 32.4 Å². The number of methoxy groups -OCH3 is 3. The maximum absolute atomic E-state index is 13.5. The Kier molecular flexibility index (Phi) is 6.77. The van der Waals surface area contributed by atoms with E-state index in [1.165, 1.54) is 26.2 Å². The number of thiazole rings is 1. The fourth-order valence-electron chi connectivity index (χ4n) is 4.86. The smallest absolute Gasteiger partial charge is 0.350 e. The van der Waals surface area contributed by atoms with Gasteiger partial charge in [0.1, 0.15) is 22.5 Å². The summed E-state index contributed by atoms with van der Waals surface area (Å²) >= 11 is 0.928. The lowest BCUT2D eigenvalue weighted by atomic mass is 9.94. The Balaban J connectivity index is 1.71. The molecule has 1 N–H and O–H groups in total. The van der Waals surface area contributed by atoms with Gasteiger partial charge in [0.05, 0.1) is 38.6 Å². The van der Waals surface area contributed by atoms with Crippen LogP contribution in [0.2, 0.25) is 0 Å². The number of fused-ring (bicyclic) bond motifs is 1. The molecule has 0 saturated carbocycles. The molecule has 2 unspecified atom stereocenters. The van der Waals surface area contributed by atoms with Crippen LogP contribution in [0.5, 0.6) is 17.2 Å². The third-order valence-corrected chi connectivity index (χ3v) is 7.84. The van der Waals surface area contributed by atoms with Crippen LogP contribution in [0.1, 0.15) is 45.0 Å². The van der Waals surface area contributed by atoms with E-state index in [0.29, 0.717) is 40.5 Å². The second-order valence-corrected chi connectivity index (χ2v) is 10.1. The lowest BCUT2D eigenvalue weighted by Crippen LogP contribution is -2.29. The van der Waals surface area contributed by atoms with E-state index >= 15 is 0 Å². The number of aryl methyl sites for hydroxylation is 1. The first kappa shape index (κ1) is 26.2. The van der Waals surface area contributed by atoms with Gasteiger partial charge in [-0.3, -0.25) is 14.5 Å². The summed E-state index contributed by atoms with van der Waals surface area (Å²) in [5.41, 5.74) is 1.97. The summed E-state index contributed by atoms with van der Waals surface area (Å²) in [4.78, 5) is 45.1. The molecular weight excluding hydrogens is 524 g/mol. The van der Waals surface area contributed by atoms with Crippen molar-refractivity contribution in [2.24, 2.45) is 0 Å². The summed E-state index contributed by atoms with van der Waals surface area (Å²) < 4.78 is 21.4. The number of rotatable bonds is 6. The predicted octanol–water partition coefficient (Wildman–Crippen LogP) is 4.21. The van der Waals surface area contributed by atoms with Crippen molar-refractivity contribution in [3.05, 3.63) is 69.2 Å². The molecule has 2 atom stereocenters. The van der Waals surface area contributed by atoms with Gasteiger partial charge < -0.3 is 24.1 Å². The van der Waals surface area contributed by atoms with E-state index in [1.54, 1.807) is 43.3 Å². The van der Waals surface area contributed by atoms with Gasteiger partial charge in [0, 0.05) is 12.0 Å². The Morgan fingerprint density at radius 2 is 1.85 bits per heavy atom. The number of nitrogens with zero attached hydrogens (tertiary/aromatic N) is 2. The van der Waals surface area contributed by atoms with Crippen LogP contribution in [-0.4, -0.2) is 55.2 Å². The van der Waals surface area contributed by atoms with Crippen LogP contribution in [-0.2, 0) is 20.7 Å². The molecular formula is C28H26N2O8S. The molecule has 3 aromatic rings. The number of carbonyl (C=O) groups excluding carboxylic acids is 3. The van der Waals surface area contributed by atoms with Crippen LogP contribution in [0, 0.1) is 6.92 Å². The number of carbonyl (C=O) groups is 3. The molecule has 2 aliphatic heterocycles. The fraction of sp³-hybridized carbons (Fsp3) is 0.286. The first-order valence-corrected chi connectivity index (χ1v) is 12.9. The Bertz CT molecular complexity index is 1540. The zero-order chi connectivity index (χ0) is 28.0. The zero-order valence-electron chi connectivity index (χ0n) is 21.9. The van der Waals surface area contributed by atoms with Gasteiger partial charge in [0.15, 0.2) is 16.6 Å². The Labute approximate surface area is 228 Å². The molecule has 3 heterocycles. The van der Waals surface area contributed by atoms with Gasteiger partial charge in [-0.2, -0.15) is 0 Å². The van der Waals surface area contributed by atoms with Gasteiger partial charge in [0.25, 0.3) is 5.78 Å². The number of aliphatic hydroxyl groups is 1. The van der Waals surface area contributed by atoms with Gasteiger partial charge in [0.2, 0.25) is 0 Å². The van der Waals surface area contributed by atoms with E-state index in [4.69, 9.17) is 18.9 Å². The molecule has 0 bridgehead atoms. The maximum atomic E-state index is 13.5. The lowest BCUT2D eigenvalue weighted by Gasteiger charge is -2.23. The Morgan fingerprint density at radius 1 is 1.10 bits per heavy atom. The number of esters is 1. The highest BCUT2D eigenvalue weighted by atomic mass is 32.1. The van der Waals surface area contributed by atoms with Crippen LogP contribution < -0.4 is 19.1 Å². The van der Waals surface area contributed by atoms with E-state index in [9.17, 15) is 19.5 Å². The van der Waals surface area contributed by atoms with E-state index in [0.717, 1.165) is 16.9 Å². The second-order valence-electron chi connectivity index (χ2n) is 9.14. The number of Topliss-reactive ketones (excluding diaryl/α,β-unsaturated/α-hetero) is 1. The number of aromatic nitrogens is 1. The van der Waals surface area contributed by atoms with Crippen LogP contribution in [0.4, 0.5) is 5.13 Å². The molecule has 2 aromatic carbocycles. The molecule has 1 saturated heterocycles. The minimum absolute atomic E-state index is 0.00751. The average molecular weight is 551 g/mol. The minimum Gasteiger partial charge on any atom is -0.507 e. The van der Waals surface area contributed by atoms with Crippen molar-refractivity contribution < 1.29 is 38.4 Å². The molecule has 11 heteroatoms. The van der Waals surface area contributed by atoms with Gasteiger partial charge in [-0.15, -0.1) is 0 Å². The molecule has 202 valence electrons. The summed E-state index contributed by atoms with van der Waals surface area (Å²) in [5, 5.41) is 11.6. The number of ketones is 1. The average Bonchev–Trinajstić information content (AvgIpc) is 3.59. The highest BCUT2D eigenvalue weighted by Gasteiger charge is 2.48. The maximum Gasteiger partial charge on any atom is 0.350 e. The number of hydrogen-bond acceptors (Lipinski definition) is 10. The lowest BCUT2D eigenvalue weighted by molar-refractivity contribution is -0.132. The van der Waals surface area contributed by atoms with Crippen molar-refractivity contribution in [3.8, 4) is 17.2 Å². The number of amides is 1. The highest BCUT2D eigenvalue weighted by molar-refractivity contribution is 7.17. The summed E-state index contributed by atoms with van der Waals surface area (Å²) in [6, 6.07) is 9.04. The molecule has 5 rings (SSSR count). The summed E-state index contributed by atoms with van der Waals surface area (Å²) in [7, 11) is 4.22. The Morgan fingerprint density at radius 3 is 2.54 bits per heavy atom. The normalized spacial score (nSPS) is 19.6. The molecule has 0 aliphatic carbocycles. The molecule has 1 aromatic heterocycles. The first-order chi connectivity index (χ1) is 18.7. The second kappa shape index (κ2) is 10.1. The molecule has 2 aliphatic rings. The number of hydrogen-bond donors (Lipinski definition) is 1. The van der Waals surface area contributed by atoms with Crippen molar-refractivity contribution in [1.29, 1.82) is 0 Å². The van der Waals surface area contributed by atoms with Gasteiger partial charge >= 0.3 is 11.9 Å². The number of aliphatic hydroxyl groups excluding tert-OH is 1. The topological polar surface area (TPSA) is 124 Å². The minimum atomic E-state index is -1.07. The molecule has 10 nitrogen and oxygen atoms in total. The SMILES string of the molecule is COC(=O)c1sc(N2C(=O)C(=O)C(=C(O)c3ccc4c(c3)CC(C)O4)C2c2ccc(OC)c(OC)c2)nc1C. The largest absolute Gasteiger partial charge is 0.507 e. The van der Waals surface area contributed by atoms with Crippen molar-refractivity contribution >= 4 is 39.9 Å². The standard InChI is InChI=1S/C28H26N2O8S/c1-13-10-17-11-16(7-8-18(17)38-13)23(31)21-22(15-6-9-19(35-3)20(12-15)36-4)30(26(33)24(21)32)28-29-14(2)25(39-28)27(34)37-5/h6-9,11-13,22,31H,10H2,1-5H3.